The Kier molecular flexibility index (Phi) is 4.28. The van der Waals surface area contributed by atoms with Gasteiger partial charge in [0.2, 0.25) is 0 Å². The largest absolute Gasteiger partial charge is 0.385 e. The van der Waals surface area contributed by atoms with Crippen molar-refractivity contribution in [1.29, 1.82) is 0 Å². The molecule has 0 saturated carbocycles. The molecule has 1 aliphatic carbocycles. The maximum Gasteiger partial charge on any atom is 0.263 e. The molecule has 1 atom stereocenters. The summed E-state index contributed by atoms with van der Waals surface area (Å²) in [6, 6.07) is 0. The molecule has 0 spiro atoms. The van der Waals surface area contributed by atoms with Crippen LogP contribution in [0.15, 0.2) is 4.79 Å². The first-order chi connectivity index (χ1) is 10.1. The molecule has 21 heavy (non-hydrogen) atoms. The van der Waals surface area contributed by atoms with E-state index in [9.17, 15) is 4.79 Å². The van der Waals surface area contributed by atoms with Crippen LogP contribution in [0.5, 0.6) is 0 Å². The first-order valence-corrected chi connectivity index (χ1v) is 8.60. The topological polar surface area (TPSA) is 47.0 Å². The van der Waals surface area contributed by atoms with Crippen LogP contribution < -0.4 is 5.56 Å². The summed E-state index contributed by atoms with van der Waals surface area (Å²) in [6.45, 7) is 3.52. The number of hydrogen-bond acceptors (Lipinski definition) is 4. The lowest BCUT2D eigenvalue weighted by molar-refractivity contribution is 0.189. The van der Waals surface area contributed by atoms with Crippen LogP contribution in [-0.2, 0) is 24.1 Å². The highest BCUT2D eigenvalue weighted by molar-refractivity contribution is 7.71. The van der Waals surface area contributed by atoms with E-state index in [2.05, 4.69) is 11.9 Å². The van der Waals surface area contributed by atoms with Crippen molar-refractivity contribution in [2.45, 2.75) is 39.2 Å². The van der Waals surface area contributed by atoms with E-state index in [0.717, 1.165) is 35.9 Å². The normalized spacial score (nSPS) is 18.1. The smallest absolute Gasteiger partial charge is 0.263 e. The zero-order valence-electron chi connectivity index (χ0n) is 12.4. The number of methoxy groups -OCH3 is 1. The number of fused-ring (bicyclic) bond motifs is 3. The Labute approximate surface area is 132 Å². The molecule has 6 heteroatoms. The van der Waals surface area contributed by atoms with Crippen molar-refractivity contribution in [2.24, 2.45) is 5.92 Å². The fourth-order valence-corrected chi connectivity index (χ4v) is 4.77. The van der Waals surface area contributed by atoms with E-state index in [0.29, 0.717) is 23.8 Å². The molecule has 0 saturated heterocycles. The van der Waals surface area contributed by atoms with Crippen LogP contribution >= 0.6 is 23.6 Å². The number of nitrogens with zero attached hydrogens (tertiary/aromatic N) is 1. The maximum absolute atomic E-state index is 12.8. The molecule has 2 aromatic rings. The Morgan fingerprint density at radius 1 is 1.52 bits per heavy atom. The van der Waals surface area contributed by atoms with Crippen LogP contribution in [0.4, 0.5) is 0 Å². The highest BCUT2D eigenvalue weighted by Gasteiger charge is 2.23. The van der Waals surface area contributed by atoms with Gasteiger partial charge in [-0.2, -0.15) is 0 Å². The van der Waals surface area contributed by atoms with Crippen LogP contribution in [0.3, 0.4) is 0 Å². The molecular formula is C15H20N2O2S2. The van der Waals surface area contributed by atoms with Gasteiger partial charge in [-0.3, -0.25) is 9.36 Å². The second-order valence-electron chi connectivity index (χ2n) is 5.79. The average Bonchev–Trinajstić information content (AvgIpc) is 2.79. The van der Waals surface area contributed by atoms with E-state index in [1.54, 1.807) is 23.0 Å². The lowest BCUT2D eigenvalue weighted by atomic mass is 9.89. The van der Waals surface area contributed by atoms with Crippen molar-refractivity contribution >= 4 is 33.8 Å². The number of hydrogen-bond donors (Lipinski definition) is 1. The molecule has 114 valence electrons. The first-order valence-electron chi connectivity index (χ1n) is 7.38. The van der Waals surface area contributed by atoms with E-state index >= 15 is 0 Å². The van der Waals surface area contributed by atoms with E-state index in [1.807, 2.05) is 0 Å². The van der Waals surface area contributed by atoms with Crippen molar-refractivity contribution in [1.82, 2.24) is 9.55 Å². The number of rotatable bonds is 4. The van der Waals surface area contributed by atoms with Crippen LogP contribution in [0, 0.1) is 10.7 Å². The van der Waals surface area contributed by atoms with Gasteiger partial charge in [-0.25, -0.2) is 0 Å². The van der Waals surface area contributed by atoms with Crippen LogP contribution in [-0.4, -0.2) is 23.3 Å². The molecule has 0 radical (unpaired) electrons. The standard InChI is InChI=1S/C15H20N2O2S2/c1-9-4-5-10-11(8-9)21-13-12(10)14(18)17(15(20)16-13)6-3-7-19-2/h9H,3-8H2,1-2H3,(H,16,20)/t9-/m1/s1. The van der Waals surface area contributed by atoms with Crippen molar-refractivity contribution in [2.75, 3.05) is 13.7 Å². The highest BCUT2D eigenvalue weighted by atomic mass is 32.1. The zero-order valence-corrected chi connectivity index (χ0v) is 14.0. The van der Waals surface area contributed by atoms with E-state index in [1.165, 1.54) is 10.4 Å². The Morgan fingerprint density at radius 3 is 3.10 bits per heavy atom. The van der Waals surface area contributed by atoms with Crippen molar-refractivity contribution < 1.29 is 4.74 Å². The first kappa shape index (κ1) is 14.9. The highest BCUT2D eigenvalue weighted by Crippen LogP contribution is 2.35. The number of nitrogens with one attached hydrogen (secondary N) is 1. The third-order valence-electron chi connectivity index (χ3n) is 4.17. The van der Waals surface area contributed by atoms with Gasteiger partial charge in [-0.05, 0) is 49.4 Å². The summed E-state index contributed by atoms with van der Waals surface area (Å²) in [7, 11) is 1.67. The van der Waals surface area contributed by atoms with Gasteiger partial charge in [-0.15, -0.1) is 11.3 Å². The zero-order chi connectivity index (χ0) is 15.0. The second-order valence-corrected chi connectivity index (χ2v) is 7.28. The molecular weight excluding hydrogens is 304 g/mol. The molecule has 0 unspecified atom stereocenters. The number of H-pyrrole nitrogens is 1. The Balaban J connectivity index is 2.11. The molecule has 0 amide bonds. The quantitative estimate of drug-likeness (QED) is 0.693. The van der Waals surface area contributed by atoms with Crippen molar-refractivity contribution in [3.8, 4) is 0 Å². The average molecular weight is 324 g/mol. The summed E-state index contributed by atoms with van der Waals surface area (Å²) in [5, 5.41) is 0.868. The van der Waals surface area contributed by atoms with Crippen LogP contribution in [0.2, 0.25) is 0 Å². The van der Waals surface area contributed by atoms with E-state index < -0.39 is 0 Å². The molecule has 0 aliphatic heterocycles. The van der Waals surface area contributed by atoms with Crippen molar-refractivity contribution in [3.05, 3.63) is 25.6 Å². The SMILES string of the molecule is COCCCn1c(=S)[nH]c2sc3c(c2c1=O)CC[C@@H](C)C3. The lowest BCUT2D eigenvalue weighted by Gasteiger charge is -2.17. The Bertz CT molecular complexity index is 772. The van der Waals surface area contributed by atoms with Gasteiger partial charge >= 0.3 is 0 Å². The minimum Gasteiger partial charge on any atom is -0.385 e. The molecule has 0 bridgehead atoms. The summed E-state index contributed by atoms with van der Waals surface area (Å²) in [6.07, 6.45) is 4.05. The third kappa shape index (κ3) is 2.72. The maximum atomic E-state index is 12.8. The minimum absolute atomic E-state index is 0.0666. The molecule has 0 aromatic carbocycles. The fraction of sp³-hybridized carbons (Fsp3) is 0.600. The molecule has 3 rings (SSSR count). The number of aromatic amines is 1. The second kappa shape index (κ2) is 6.02. The molecule has 2 aromatic heterocycles. The van der Waals surface area contributed by atoms with Gasteiger partial charge in [0.25, 0.3) is 5.56 Å². The monoisotopic (exact) mass is 324 g/mol. The Hall–Kier alpha value is -0.980. The molecule has 1 aliphatic rings. The number of ether oxygens (including phenoxy) is 1. The number of aromatic nitrogens is 2. The van der Waals surface area contributed by atoms with E-state index in [4.69, 9.17) is 17.0 Å². The molecule has 0 fully saturated rings. The number of thiophene rings is 1. The predicted molar refractivity (Wildman–Crippen MR) is 89.0 cm³/mol. The van der Waals surface area contributed by atoms with Gasteiger partial charge in [-0.1, -0.05) is 6.92 Å². The van der Waals surface area contributed by atoms with Crippen LogP contribution in [0.1, 0.15) is 30.2 Å². The predicted octanol–water partition coefficient (Wildman–Crippen LogP) is 3.28. The lowest BCUT2D eigenvalue weighted by Crippen LogP contribution is -2.23. The summed E-state index contributed by atoms with van der Waals surface area (Å²) in [4.78, 5) is 18.4. The molecule has 1 N–H and O–H groups in total. The van der Waals surface area contributed by atoms with E-state index in [-0.39, 0.29) is 5.56 Å². The third-order valence-corrected chi connectivity index (χ3v) is 5.66. The van der Waals surface area contributed by atoms with Gasteiger partial charge in [0.1, 0.15) is 4.83 Å². The molecule has 4 nitrogen and oxygen atoms in total. The van der Waals surface area contributed by atoms with Gasteiger partial charge in [0, 0.05) is 25.1 Å². The molecule has 2 heterocycles. The Morgan fingerprint density at radius 2 is 2.33 bits per heavy atom. The van der Waals surface area contributed by atoms with Gasteiger partial charge in [0.05, 0.1) is 5.39 Å². The summed E-state index contributed by atoms with van der Waals surface area (Å²) < 4.78 is 7.27. The van der Waals surface area contributed by atoms with Gasteiger partial charge in [0.15, 0.2) is 4.77 Å². The number of aryl methyl sites for hydroxylation is 1. The van der Waals surface area contributed by atoms with Gasteiger partial charge < -0.3 is 9.72 Å². The summed E-state index contributed by atoms with van der Waals surface area (Å²) in [5.74, 6) is 0.706. The minimum atomic E-state index is 0.0666. The summed E-state index contributed by atoms with van der Waals surface area (Å²) >= 11 is 7.06. The van der Waals surface area contributed by atoms with Crippen LogP contribution in [0.25, 0.3) is 10.2 Å². The fourth-order valence-electron chi connectivity index (χ4n) is 3.03. The van der Waals surface area contributed by atoms with Crippen molar-refractivity contribution in [3.63, 3.8) is 0 Å². The summed E-state index contributed by atoms with van der Waals surface area (Å²) in [5.41, 5.74) is 1.32.